The third-order valence-electron chi connectivity index (χ3n) is 2.69. The quantitative estimate of drug-likeness (QED) is 0.465. The first-order valence-electron chi connectivity index (χ1n) is 3.97. The molecule has 0 aromatic heterocycles. The Balaban J connectivity index is 2.24. The van der Waals surface area contributed by atoms with Crippen LogP contribution in [0.4, 0.5) is 0 Å². The number of hydrogen-bond acceptors (Lipinski definition) is 1. The molecule has 2 unspecified atom stereocenters. The Bertz CT molecular complexity index is 203. The van der Waals surface area contributed by atoms with Gasteiger partial charge in [-0.15, -0.1) is 0 Å². The first-order valence-corrected chi connectivity index (χ1v) is 3.97. The fraction of sp³-hybridized carbons (Fsp3) is 0.667. The summed E-state index contributed by atoms with van der Waals surface area (Å²) in [5, 5.41) is 0. The number of allylic oxidation sites excluding steroid dienone is 2. The Labute approximate surface area is 61.1 Å². The zero-order chi connectivity index (χ0) is 7.14. The van der Waals surface area contributed by atoms with Crippen LogP contribution in [0.25, 0.3) is 0 Å². The van der Waals surface area contributed by atoms with Crippen molar-refractivity contribution in [2.24, 2.45) is 11.8 Å². The van der Waals surface area contributed by atoms with Crippen LogP contribution in [0.2, 0.25) is 0 Å². The van der Waals surface area contributed by atoms with E-state index in [0.29, 0.717) is 17.6 Å². The molecular weight excluding hydrogens is 124 g/mol. The van der Waals surface area contributed by atoms with Crippen molar-refractivity contribution < 1.29 is 4.79 Å². The van der Waals surface area contributed by atoms with Gasteiger partial charge in [-0.25, -0.2) is 0 Å². The fourth-order valence-corrected chi connectivity index (χ4v) is 2.18. The van der Waals surface area contributed by atoms with Crippen molar-refractivity contribution in [2.45, 2.75) is 26.2 Å². The van der Waals surface area contributed by atoms with Gasteiger partial charge in [-0.05, 0) is 25.7 Å². The van der Waals surface area contributed by atoms with Gasteiger partial charge < -0.3 is 0 Å². The van der Waals surface area contributed by atoms with Gasteiger partial charge in [-0.1, -0.05) is 11.6 Å². The minimum absolute atomic E-state index is 0.319. The van der Waals surface area contributed by atoms with E-state index >= 15 is 0 Å². The lowest BCUT2D eigenvalue weighted by molar-refractivity contribution is -0.119. The molecule has 0 heterocycles. The minimum Gasteiger partial charge on any atom is -0.299 e. The molecule has 1 saturated carbocycles. The van der Waals surface area contributed by atoms with Gasteiger partial charge in [0.1, 0.15) is 5.78 Å². The molecule has 2 aliphatic carbocycles. The molecule has 2 atom stereocenters. The molecule has 0 spiro atoms. The van der Waals surface area contributed by atoms with Crippen LogP contribution in [0.15, 0.2) is 11.6 Å². The van der Waals surface area contributed by atoms with Crippen LogP contribution >= 0.6 is 0 Å². The lowest BCUT2D eigenvalue weighted by atomic mass is 9.99. The molecule has 10 heavy (non-hydrogen) atoms. The van der Waals surface area contributed by atoms with Gasteiger partial charge in [0.05, 0.1) is 0 Å². The van der Waals surface area contributed by atoms with E-state index in [4.69, 9.17) is 0 Å². The molecule has 2 aliphatic rings. The maximum absolute atomic E-state index is 11.2. The van der Waals surface area contributed by atoms with Crippen molar-refractivity contribution in [1.29, 1.82) is 0 Å². The third kappa shape index (κ3) is 0.731. The van der Waals surface area contributed by atoms with Gasteiger partial charge in [0.25, 0.3) is 0 Å². The Morgan fingerprint density at radius 1 is 1.60 bits per heavy atom. The molecule has 0 N–H and O–H groups in total. The van der Waals surface area contributed by atoms with Gasteiger partial charge in [-0.3, -0.25) is 4.79 Å². The Morgan fingerprint density at radius 2 is 2.40 bits per heavy atom. The van der Waals surface area contributed by atoms with Crippen molar-refractivity contribution in [2.75, 3.05) is 0 Å². The van der Waals surface area contributed by atoms with Crippen molar-refractivity contribution in [3.8, 4) is 0 Å². The number of fused-ring (bicyclic) bond motifs is 1. The van der Waals surface area contributed by atoms with Gasteiger partial charge in [0, 0.05) is 12.3 Å². The summed E-state index contributed by atoms with van der Waals surface area (Å²) in [7, 11) is 0. The summed E-state index contributed by atoms with van der Waals surface area (Å²) in [4.78, 5) is 11.2. The summed E-state index contributed by atoms with van der Waals surface area (Å²) >= 11 is 0. The molecule has 54 valence electrons. The van der Waals surface area contributed by atoms with E-state index in [0.717, 1.165) is 12.8 Å². The molecule has 0 bridgehead atoms. The van der Waals surface area contributed by atoms with E-state index in [1.807, 2.05) is 0 Å². The molecule has 1 fully saturated rings. The average Bonchev–Trinajstić information content (AvgIpc) is 2.35. The molecule has 1 heteroatoms. The number of carbonyl (C=O) groups is 1. The molecule has 0 radical (unpaired) electrons. The highest BCUT2D eigenvalue weighted by Gasteiger charge is 2.36. The largest absolute Gasteiger partial charge is 0.299 e. The molecule has 0 aromatic rings. The minimum atomic E-state index is 0.319. The molecular formula is C9H12O. The van der Waals surface area contributed by atoms with Gasteiger partial charge >= 0.3 is 0 Å². The van der Waals surface area contributed by atoms with Gasteiger partial charge in [0.15, 0.2) is 0 Å². The fourth-order valence-electron chi connectivity index (χ4n) is 2.18. The van der Waals surface area contributed by atoms with Crippen LogP contribution in [-0.4, -0.2) is 5.78 Å². The first kappa shape index (κ1) is 6.14. The van der Waals surface area contributed by atoms with Crippen molar-refractivity contribution in [1.82, 2.24) is 0 Å². The maximum Gasteiger partial charge on any atom is 0.140 e. The highest BCUT2D eigenvalue weighted by molar-refractivity contribution is 5.85. The molecule has 0 amide bonds. The Morgan fingerprint density at radius 3 is 3.10 bits per heavy atom. The second kappa shape index (κ2) is 1.94. The summed E-state index contributed by atoms with van der Waals surface area (Å²) in [5.41, 5.74) is 1.42. The summed E-state index contributed by atoms with van der Waals surface area (Å²) in [6.45, 7) is 2.13. The summed E-state index contributed by atoms with van der Waals surface area (Å²) < 4.78 is 0. The SMILES string of the molecule is CC1=CC2C(=O)CCC2C1. The molecule has 1 nitrogen and oxygen atoms in total. The summed E-state index contributed by atoms with van der Waals surface area (Å²) in [6.07, 6.45) is 5.31. The number of hydrogen-bond donors (Lipinski definition) is 0. The van der Waals surface area contributed by atoms with Crippen LogP contribution in [-0.2, 0) is 4.79 Å². The Kier molecular flexibility index (Phi) is 1.19. The maximum atomic E-state index is 11.2. The van der Waals surface area contributed by atoms with Gasteiger partial charge in [-0.2, -0.15) is 0 Å². The van der Waals surface area contributed by atoms with Crippen LogP contribution < -0.4 is 0 Å². The smallest absolute Gasteiger partial charge is 0.140 e. The highest BCUT2D eigenvalue weighted by atomic mass is 16.1. The summed E-state index contributed by atoms with van der Waals surface area (Å²) in [6, 6.07) is 0. The lowest BCUT2D eigenvalue weighted by Crippen LogP contribution is -2.06. The van der Waals surface area contributed by atoms with E-state index in [1.54, 1.807) is 0 Å². The van der Waals surface area contributed by atoms with Crippen molar-refractivity contribution >= 4 is 5.78 Å². The normalized spacial score (nSPS) is 38.1. The number of Topliss-reactive ketones (excluding diaryl/α,β-unsaturated/α-hetero) is 1. The molecule has 2 rings (SSSR count). The second-order valence-corrected chi connectivity index (χ2v) is 3.51. The number of carbonyl (C=O) groups excluding carboxylic acids is 1. The van der Waals surface area contributed by atoms with E-state index in [1.165, 1.54) is 12.0 Å². The first-order chi connectivity index (χ1) is 4.77. The van der Waals surface area contributed by atoms with Crippen LogP contribution in [0, 0.1) is 11.8 Å². The molecule has 0 aromatic carbocycles. The Hall–Kier alpha value is -0.590. The average molecular weight is 136 g/mol. The van der Waals surface area contributed by atoms with E-state index < -0.39 is 0 Å². The zero-order valence-electron chi connectivity index (χ0n) is 6.26. The molecule has 0 saturated heterocycles. The third-order valence-corrected chi connectivity index (χ3v) is 2.69. The van der Waals surface area contributed by atoms with E-state index in [2.05, 4.69) is 13.0 Å². The van der Waals surface area contributed by atoms with E-state index in [9.17, 15) is 4.79 Å². The number of rotatable bonds is 0. The van der Waals surface area contributed by atoms with Crippen molar-refractivity contribution in [3.63, 3.8) is 0 Å². The second-order valence-electron chi connectivity index (χ2n) is 3.51. The van der Waals surface area contributed by atoms with Crippen LogP contribution in [0.3, 0.4) is 0 Å². The lowest BCUT2D eigenvalue weighted by Gasteiger charge is -2.03. The van der Waals surface area contributed by atoms with E-state index in [-0.39, 0.29) is 0 Å². The number of ketones is 1. The predicted octanol–water partition coefficient (Wildman–Crippen LogP) is 1.93. The monoisotopic (exact) mass is 136 g/mol. The standard InChI is InChI=1S/C9H12O/c1-6-4-7-2-3-9(10)8(7)5-6/h5,7-8H,2-4H2,1H3. The topological polar surface area (TPSA) is 17.1 Å². The van der Waals surface area contributed by atoms with Crippen LogP contribution in [0.5, 0.6) is 0 Å². The predicted molar refractivity (Wildman–Crippen MR) is 39.6 cm³/mol. The summed E-state index contributed by atoms with van der Waals surface area (Å²) in [5.74, 6) is 1.48. The zero-order valence-corrected chi connectivity index (χ0v) is 6.26. The van der Waals surface area contributed by atoms with Crippen LogP contribution in [0.1, 0.15) is 26.2 Å². The highest BCUT2D eigenvalue weighted by Crippen LogP contribution is 2.40. The molecule has 0 aliphatic heterocycles. The van der Waals surface area contributed by atoms with Gasteiger partial charge in [0.2, 0.25) is 0 Å². The van der Waals surface area contributed by atoms with Crippen molar-refractivity contribution in [3.05, 3.63) is 11.6 Å².